The van der Waals surface area contributed by atoms with E-state index in [4.69, 9.17) is 0 Å². The van der Waals surface area contributed by atoms with Gasteiger partial charge in [-0.1, -0.05) is 20.3 Å². The van der Waals surface area contributed by atoms with E-state index in [1.54, 1.807) is 0 Å². The zero-order valence-corrected chi connectivity index (χ0v) is 11.5. The fourth-order valence-corrected chi connectivity index (χ4v) is 3.83. The lowest BCUT2D eigenvalue weighted by atomic mass is 9.99. The first-order valence-corrected chi connectivity index (χ1v) is 7.59. The number of hydrogen-bond donors (Lipinski definition) is 0. The number of esters is 1. The van der Waals surface area contributed by atoms with Crippen LogP contribution in [0.4, 0.5) is 0 Å². The molecule has 2 atom stereocenters. The topological polar surface area (TPSA) is 63.7 Å². The highest BCUT2D eigenvalue weighted by Crippen LogP contribution is 2.26. The highest BCUT2D eigenvalue weighted by atomic mass is 32.2. The first kappa shape index (κ1) is 14.4. The van der Waals surface area contributed by atoms with Crippen LogP contribution in [0.15, 0.2) is 0 Å². The van der Waals surface area contributed by atoms with Gasteiger partial charge < -0.3 is 4.74 Å². The Kier molecular flexibility index (Phi) is 4.94. The average Bonchev–Trinajstić information content (AvgIpc) is 2.68. The van der Waals surface area contributed by atoms with Gasteiger partial charge in [0.1, 0.15) is 0 Å². The smallest absolute Gasteiger partial charge is 0.310 e. The molecule has 0 amide bonds. The summed E-state index contributed by atoms with van der Waals surface area (Å²) in [5, 5.41) is 0. The molecule has 0 spiro atoms. The van der Waals surface area contributed by atoms with Crippen molar-refractivity contribution in [2.75, 3.05) is 26.0 Å². The van der Waals surface area contributed by atoms with Gasteiger partial charge in [-0.05, 0) is 12.3 Å². The lowest BCUT2D eigenvalue weighted by molar-refractivity contribution is -0.145. The fraction of sp³-hybridized carbons (Fsp3) is 0.909. The lowest BCUT2D eigenvalue weighted by Crippen LogP contribution is -2.32. The van der Waals surface area contributed by atoms with Gasteiger partial charge in [-0.2, -0.15) is 0 Å². The Hall–Kier alpha value is -0.620. The molecule has 1 aliphatic rings. The van der Waals surface area contributed by atoms with Crippen LogP contribution in [0.25, 0.3) is 0 Å². The van der Waals surface area contributed by atoms with Crippen molar-refractivity contribution in [2.45, 2.75) is 26.7 Å². The van der Waals surface area contributed by atoms with Crippen LogP contribution < -0.4 is 0 Å². The van der Waals surface area contributed by atoms with Crippen molar-refractivity contribution in [1.82, 2.24) is 4.31 Å². The number of unbranched alkanes of at least 4 members (excludes halogenated alkanes) is 1. The van der Waals surface area contributed by atoms with Crippen LogP contribution in [0, 0.1) is 11.8 Å². The number of nitrogens with zero attached hydrogens (tertiary/aromatic N) is 1. The van der Waals surface area contributed by atoms with E-state index in [1.165, 1.54) is 11.4 Å². The first-order chi connectivity index (χ1) is 7.92. The minimum absolute atomic E-state index is 0.0267. The summed E-state index contributed by atoms with van der Waals surface area (Å²) in [6.07, 6.45) is 1.51. The Balaban J connectivity index is 2.68. The molecule has 0 aliphatic carbocycles. The maximum absolute atomic E-state index is 12.0. The molecule has 1 rings (SSSR count). The number of methoxy groups -OCH3 is 1. The maximum atomic E-state index is 12.0. The van der Waals surface area contributed by atoms with Crippen LogP contribution in [0.2, 0.25) is 0 Å². The van der Waals surface area contributed by atoms with Crippen LogP contribution in [-0.4, -0.2) is 44.6 Å². The van der Waals surface area contributed by atoms with E-state index in [1.807, 2.05) is 13.8 Å². The van der Waals surface area contributed by atoms with Crippen molar-refractivity contribution in [3.8, 4) is 0 Å². The third kappa shape index (κ3) is 3.42. The minimum atomic E-state index is -3.20. The minimum Gasteiger partial charge on any atom is -0.469 e. The Bertz CT molecular complexity index is 366. The predicted molar refractivity (Wildman–Crippen MR) is 64.9 cm³/mol. The molecule has 0 saturated carbocycles. The number of hydrogen-bond acceptors (Lipinski definition) is 4. The highest BCUT2D eigenvalue weighted by molar-refractivity contribution is 7.89. The van der Waals surface area contributed by atoms with Gasteiger partial charge in [0.2, 0.25) is 10.0 Å². The zero-order chi connectivity index (χ0) is 13.1. The molecule has 1 saturated heterocycles. The zero-order valence-electron chi connectivity index (χ0n) is 10.7. The lowest BCUT2D eigenvalue weighted by Gasteiger charge is -2.15. The summed E-state index contributed by atoms with van der Waals surface area (Å²) in [7, 11) is -1.87. The number of carbonyl (C=O) groups excluding carboxylic acids is 1. The second-order valence-corrected chi connectivity index (χ2v) is 6.68. The number of carbonyl (C=O) groups is 1. The van der Waals surface area contributed by atoms with Crippen LogP contribution in [0.5, 0.6) is 0 Å². The Morgan fingerprint density at radius 1 is 1.41 bits per heavy atom. The van der Waals surface area contributed by atoms with E-state index >= 15 is 0 Å². The summed E-state index contributed by atoms with van der Waals surface area (Å²) >= 11 is 0. The molecule has 0 bridgehead atoms. The van der Waals surface area contributed by atoms with Gasteiger partial charge in [-0.15, -0.1) is 0 Å². The van der Waals surface area contributed by atoms with E-state index in [9.17, 15) is 13.2 Å². The van der Waals surface area contributed by atoms with Crippen molar-refractivity contribution >= 4 is 16.0 Å². The monoisotopic (exact) mass is 263 g/mol. The molecular weight excluding hydrogens is 242 g/mol. The van der Waals surface area contributed by atoms with Crippen LogP contribution in [-0.2, 0) is 19.6 Å². The van der Waals surface area contributed by atoms with E-state index in [0.717, 1.165) is 6.42 Å². The molecule has 6 heteroatoms. The van der Waals surface area contributed by atoms with Crippen molar-refractivity contribution in [3.05, 3.63) is 0 Å². The molecule has 1 aliphatic heterocycles. The van der Waals surface area contributed by atoms with Gasteiger partial charge in [-0.25, -0.2) is 12.7 Å². The number of rotatable bonds is 5. The van der Waals surface area contributed by atoms with Crippen molar-refractivity contribution in [3.63, 3.8) is 0 Å². The summed E-state index contributed by atoms with van der Waals surface area (Å²) in [6.45, 7) is 4.53. The average molecular weight is 263 g/mol. The van der Waals surface area contributed by atoms with Crippen LogP contribution >= 0.6 is 0 Å². The number of ether oxygens (including phenoxy) is 1. The van der Waals surface area contributed by atoms with Crippen LogP contribution in [0.1, 0.15) is 26.7 Å². The standard InChI is InChI=1S/C11H21NO4S/c1-4-5-6-17(14,15)12-7-9(2)10(8-12)11(13)16-3/h9-10H,4-8H2,1-3H3. The van der Waals surface area contributed by atoms with Gasteiger partial charge in [0.25, 0.3) is 0 Å². The second-order valence-electron chi connectivity index (χ2n) is 4.59. The molecule has 17 heavy (non-hydrogen) atoms. The van der Waals surface area contributed by atoms with E-state index in [0.29, 0.717) is 13.0 Å². The van der Waals surface area contributed by atoms with Gasteiger partial charge in [0, 0.05) is 13.1 Å². The normalized spacial score (nSPS) is 26.1. The second kappa shape index (κ2) is 5.82. The molecule has 1 heterocycles. The Morgan fingerprint density at radius 3 is 2.59 bits per heavy atom. The van der Waals surface area contributed by atoms with Crippen molar-refractivity contribution in [2.24, 2.45) is 11.8 Å². The predicted octanol–water partition coefficient (Wildman–Crippen LogP) is 0.857. The van der Waals surface area contributed by atoms with Crippen molar-refractivity contribution < 1.29 is 17.9 Å². The molecule has 0 aromatic heterocycles. The van der Waals surface area contributed by atoms with E-state index < -0.39 is 10.0 Å². The van der Waals surface area contributed by atoms with Gasteiger partial charge in [0.05, 0.1) is 18.8 Å². The third-order valence-electron chi connectivity index (χ3n) is 3.23. The first-order valence-electron chi connectivity index (χ1n) is 5.98. The van der Waals surface area contributed by atoms with E-state index in [-0.39, 0.29) is 30.1 Å². The molecule has 2 unspecified atom stereocenters. The van der Waals surface area contributed by atoms with Gasteiger partial charge in [-0.3, -0.25) is 4.79 Å². The van der Waals surface area contributed by atoms with Gasteiger partial charge >= 0.3 is 5.97 Å². The summed E-state index contributed by atoms with van der Waals surface area (Å²) < 4.78 is 30.0. The fourth-order valence-electron chi connectivity index (χ4n) is 2.06. The molecule has 0 N–H and O–H groups in total. The van der Waals surface area contributed by atoms with Crippen molar-refractivity contribution in [1.29, 1.82) is 0 Å². The highest BCUT2D eigenvalue weighted by Gasteiger charge is 2.40. The molecular formula is C11H21NO4S. The third-order valence-corrected chi connectivity index (χ3v) is 5.12. The molecule has 100 valence electrons. The quantitative estimate of drug-likeness (QED) is 0.690. The molecule has 0 radical (unpaired) electrons. The Morgan fingerprint density at radius 2 is 2.06 bits per heavy atom. The summed E-state index contributed by atoms with van der Waals surface area (Å²) in [5.74, 6) is -0.439. The molecule has 0 aromatic carbocycles. The van der Waals surface area contributed by atoms with Gasteiger partial charge in [0.15, 0.2) is 0 Å². The number of sulfonamides is 1. The molecule has 1 fully saturated rings. The Labute approximate surface area is 103 Å². The van der Waals surface area contributed by atoms with E-state index in [2.05, 4.69) is 4.74 Å². The molecule has 0 aromatic rings. The summed E-state index contributed by atoms with van der Waals surface area (Å²) in [5.41, 5.74) is 0. The summed E-state index contributed by atoms with van der Waals surface area (Å²) in [6, 6.07) is 0. The van der Waals surface area contributed by atoms with Crippen LogP contribution in [0.3, 0.4) is 0 Å². The summed E-state index contributed by atoms with van der Waals surface area (Å²) in [4.78, 5) is 11.5. The SMILES string of the molecule is CCCCS(=O)(=O)N1CC(C)C(C(=O)OC)C1. The maximum Gasteiger partial charge on any atom is 0.310 e. The largest absolute Gasteiger partial charge is 0.469 e. The molecule has 5 nitrogen and oxygen atoms in total.